The van der Waals surface area contributed by atoms with Crippen LogP contribution < -0.4 is 15.4 Å². The highest BCUT2D eigenvalue weighted by atomic mass is 16.5. The zero-order valence-electron chi connectivity index (χ0n) is 15.5. The molecule has 26 heavy (non-hydrogen) atoms. The molecule has 5 heteroatoms. The summed E-state index contributed by atoms with van der Waals surface area (Å²) in [5.74, 6) is 0.130. The normalized spacial score (nSPS) is 11.5. The van der Waals surface area contributed by atoms with Crippen molar-refractivity contribution in [2.45, 2.75) is 39.7 Å². The van der Waals surface area contributed by atoms with Crippen molar-refractivity contribution in [1.29, 1.82) is 0 Å². The van der Waals surface area contributed by atoms with Crippen LogP contribution in [0.25, 0.3) is 0 Å². The van der Waals surface area contributed by atoms with Gasteiger partial charge in [0.15, 0.2) is 6.10 Å². The fourth-order valence-corrected chi connectivity index (χ4v) is 2.42. The number of hydrogen-bond donors (Lipinski definition) is 2. The van der Waals surface area contributed by atoms with E-state index in [0.29, 0.717) is 23.5 Å². The molecule has 2 N–H and O–H groups in total. The fourth-order valence-electron chi connectivity index (χ4n) is 2.42. The standard InChI is InChI=1S/C21H26N2O3/c1-4-14-22-21(25)18-8-6-7-9-19(18)23-20(24)15(3)26-17-12-10-16(5-2)11-13-17/h6-13,15H,4-5,14H2,1-3H3,(H,22,25)(H,23,24)/t15-/m0/s1. The van der Waals surface area contributed by atoms with Gasteiger partial charge in [0.1, 0.15) is 5.75 Å². The third kappa shape index (κ3) is 5.34. The molecular formula is C21H26N2O3. The van der Waals surface area contributed by atoms with Crippen molar-refractivity contribution >= 4 is 17.5 Å². The number of para-hydroxylation sites is 1. The first kappa shape index (κ1) is 19.5. The van der Waals surface area contributed by atoms with Gasteiger partial charge in [0, 0.05) is 6.54 Å². The summed E-state index contributed by atoms with van der Waals surface area (Å²) < 4.78 is 5.70. The molecule has 0 fully saturated rings. The van der Waals surface area contributed by atoms with Crippen molar-refractivity contribution < 1.29 is 14.3 Å². The van der Waals surface area contributed by atoms with Crippen molar-refractivity contribution in [3.63, 3.8) is 0 Å². The van der Waals surface area contributed by atoms with Gasteiger partial charge < -0.3 is 15.4 Å². The Hall–Kier alpha value is -2.82. The maximum Gasteiger partial charge on any atom is 0.265 e. The van der Waals surface area contributed by atoms with Crippen LogP contribution in [0.2, 0.25) is 0 Å². The summed E-state index contributed by atoms with van der Waals surface area (Å²) >= 11 is 0. The second kappa shape index (κ2) is 9.61. The Balaban J connectivity index is 2.03. The maximum absolute atomic E-state index is 12.5. The quantitative estimate of drug-likeness (QED) is 0.758. The highest BCUT2D eigenvalue weighted by molar-refractivity contribution is 6.04. The van der Waals surface area contributed by atoms with Crippen LogP contribution in [0.5, 0.6) is 5.75 Å². The number of rotatable bonds is 8. The van der Waals surface area contributed by atoms with Crippen molar-refractivity contribution in [3.05, 3.63) is 59.7 Å². The minimum absolute atomic E-state index is 0.202. The van der Waals surface area contributed by atoms with Crippen LogP contribution in [0.15, 0.2) is 48.5 Å². The lowest BCUT2D eigenvalue weighted by Crippen LogP contribution is -2.32. The number of amides is 2. The molecule has 0 aliphatic carbocycles. The van der Waals surface area contributed by atoms with E-state index in [-0.39, 0.29) is 11.8 Å². The number of benzene rings is 2. The number of aryl methyl sites for hydroxylation is 1. The molecule has 2 rings (SSSR count). The second-order valence-electron chi connectivity index (χ2n) is 6.05. The van der Waals surface area contributed by atoms with Gasteiger partial charge in [-0.05, 0) is 49.6 Å². The van der Waals surface area contributed by atoms with E-state index in [0.717, 1.165) is 12.8 Å². The van der Waals surface area contributed by atoms with Gasteiger partial charge in [-0.15, -0.1) is 0 Å². The summed E-state index contributed by atoms with van der Waals surface area (Å²) in [6.45, 7) is 6.34. The molecule has 0 radical (unpaired) electrons. The van der Waals surface area contributed by atoms with Crippen LogP contribution in [-0.2, 0) is 11.2 Å². The highest BCUT2D eigenvalue weighted by Crippen LogP contribution is 2.18. The van der Waals surface area contributed by atoms with Crippen molar-refractivity contribution in [2.75, 3.05) is 11.9 Å². The molecule has 0 bridgehead atoms. The van der Waals surface area contributed by atoms with E-state index in [2.05, 4.69) is 17.6 Å². The molecule has 0 saturated carbocycles. The van der Waals surface area contributed by atoms with E-state index < -0.39 is 6.10 Å². The highest BCUT2D eigenvalue weighted by Gasteiger charge is 2.18. The van der Waals surface area contributed by atoms with Crippen LogP contribution in [0.4, 0.5) is 5.69 Å². The summed E-state index contributed by atoms with van der Waals surface area (Å²) in [6.07, 6.45) is 1.11. The maximum atomic E-state index is 12.5. The molecule has 138 valence electrons. The lowest BCUT2D eigenvalue weighted by Gasteiger charge is -2.16. The summed E-state index contributed by atoms with van der Waals surface area (Å²) in [7, 11) is 0. The first-order valence-corrected chi connectivity index (χ1v) is 8.98. The number of nitrogens with one attached hydrogen (secondary N) is 2. The van der Waals surface area contributed by atoms with Crippen LogP contribution in [0.3, 0.4) is 0 Å². The van der Waals surface area contributed by atoms with Gasteiger partial charge in [-0.3, -0.25) is 9.59 Å². The van der Waals surface area contributed by atoms with Crippen molar-refractivity contribution in [2.24, 2.45) is 0 Å². The Morgan fingerprint density at radius 1 is 1.04 bits per heavy atom. The Labute approximate surface area is 154 Å². The second-order valence-corrected chi connectivity index (χ2v) is 6.05. The minimum Gasteiger partial charge on any atom is -0.481 e. The monoisotopic (exact) mass is 354 g/mol. The molecule has 0 unspecified atom stereocenters. The van der Waals surface area contributed by atoms with E-state index in [1.165, 1.54) is 5.56 Å². The smallest absolute Gasteiger partial charge is 0.265 e. The van der Waals surface area contributed by atoms with Crippen LogP contribution in [0, 0.1) is 0 Å². The third-order valence-electron chi connectivity index (χ3n) is 3.98. The van der Waals surface area contributed by atoms with Crippen LogP contribution in [0.1, 0.15) is 43.1 Å². The summed E-state index contributed by atoms with van der Waals surface area (Å²) in [6, 6.07) is 14.6. The Bertz CT molecular complexity index is 741. The Kier molecular flexibility index (Phi) is 7.21. The molecule has 0 spiro atoms. The van der Waals surface area contributed by atoms with Gasteiger partial charge in [0.05, 0.1) is 11.3 Å². The molecular weight excluding hydrogens is 328 g/mol. The zero-order valence-corrected chi connectivity index (χ0v) is 15.5. The van der Waals surface area contributed by atoms with Crippen LogP contribution in [-0.4, -0.2) is 24.5 Å². The van der Waals surface area contributed by atoms with Crippen LogP contribution >= 0.6 is 0 Å². The number of hydrogen-bond acceptors (Lipinski definition) is 3. The molecule has 1 atom stereocenters. The van der Waals surface area contributed by atoms with Gasteiger partial charge >= 0.3 is 0 Å². The molecule has 2 aromatic carbocycles. The van der Waals surface area contributed by atoms with Gasteiger partial charge in [-0.2, -0.15) is 0 Å². The molecule has 0 heterocycles. The zero-order chi connectivity index (χ0) is 18.9. The Morgan fingerprint density at radius 2 is 1.73 bits per heavy atom. The Morgan fingerprint density at radius 3 is 2.38 bits per heavy atom. The topological polar surface area (TPSA) is 67.4 Å². The third-order valence-corrected chi connectivity index (χ3v) is 3.98. The summed E-state index contributed by atoms with van der Waals surface area (Å²) in [5, 5.41) is 5.61. The SMILES string of the molecule is CCCNC(=O)c1ccccc1NC(=O)[C@H](C)Oc1ccc(CC)cc1. The van der Waals surface area contributed by atoms with E-state index in [4.69, 9.17) is 4.74 Å². The predicted octanol–water partition coefficient (Wildman–Crippen LogP) is 3.79. The molecule has 0 saturated heterocycles. The molecule has 5 nitrogen and oxygen atoms in total. The average Bonchev–Trinajstić information content (AvgIpc) is 2.67. The molecule has 0 aliphatic rings. The van der Waals surface area contributed by atoms with E-state index in [9.17, 15) is 9.59 Å². The van der Waals surface area contributed by atoms with E-state index >= 15 is 0 Å². The minimum atomic E-state index is -0.686. The lowest BCUT2D eigenvalue weighted by molar-refractivity contribution is -0.122. The lowest BCUT2D eigenvalue weighted by atomic mass is 10.1. The van der Waals surface area contributed by atoms with Crippen molar-refractivity contribution in [1.82, 2.24) is 5.32 Å². The molecule has 2 aromatic rings. The number of ether oxygens (including phenoxy) is 1. The molecule has 0 aromatic heterocycles. The number of anilines is 1. The first-order valence-electron chi connectivity index (χ1n) is 8.98. The molecule has 2 amide bonds. The fraction of sp³-hybridized carbons (Fsp3) is 0.333. The largest absolute Gasteiger partial charge is 0.481 e. The number of carbonyl (C=O) groups excluding carboxylic acids is 2. The summed E-state index contributed by atoms with van der Waals surface area (Å²) in [4.78, 5) is 24.7. The van der Waals surface area contributed by atoms with E-state index in [1.54, 1.807) is 31.2 Å². The summed E-state index contributed by atoms with van der Waals surface area (Å²) in [5.41, 5.74) is 2.12. The predicted molar refractivity (Wildman–Crippen MR) is 104 cm³/mol. The average molecular weight is 354 g/mol. The molecule has 0 aliphatic heterocycles. The van der Waals surface area contributed by atoms with Gasteiger partial charge in [-0.1, -0.05) is 38.1 Å². The van der Waals surface area contributed by atoms with Crippen molar-refractivity contribution in [3.8, 4) is 5.75 Å². The number of carbonyl (C=O) groups is 2. The van der Waals surface area contributed by atoms with Gasteiger partial charge in [0.2, 0.25) is 0 Å². The van der Waals surface area contributed by atoms with Gasteiger partial charge in [0.25, 0.3) is 11.8 Å². The van der Waals surface area contributed by atoms with E-state index in [1.807, 2.05) is 31.2 Å². The van der Waals surface area contributed by atoms with Gasteiger partial charge in [-0.25, -0.2) is 0 Å². The first-order chi connectivity index (χ1) is 12.5.